The summed E-state index contributed by atoms with van der Waals surface area (Å²) in [6, 6.07) is 17.6. The number of amides is 1. The first-order valence-electron chi connectivity index (χ1n) is 9.80. The number of methoxy groups -OCH3 is 2. The molecule has 1 atom stereocenters. The third kappa shape index (κ3) is 3.58. The SMILES string of the molecule is COc1ccc(/C(O)=C2\C(=O)C(=O)N(c3cccc(OC)c3)C2c2ccccc2F)cc1. The molecule has 7 heteroatoms. The Labute approximate surface area is 184 Å². The molecule has 162 valence electrons. The van der Waals surface area contributed by atoms with Gasteiger partial charge in [-0.25, -0.2) is 4.39 Å². The summed E-state index contributed by atoms with van der Waals surface area (Å²) >= 11 is 0. The molecular formula is C25H20FNO5. The molecule has 32 heavy (non-hydrogen) atoms. The summed E-state index contributed by atoms with van der Waals surface area (Å²) in [5, 5.41) is 11.1. The van der Waals surface area contributed by atoms with Crippen molar-refractivity contribution in [3.05, 3.63) is 95.3 Å². The predicted molar refractivity (Wildman–Crippen MR) is 117 cm³/mol. The van der Waals surface area contributed by atoms with Gasteiger partial charge in [-0.15, -0.1) is 0 Å². The fraction of sp³-hybridized carbons (Fsp3) is 0.120. The number of anilines is 1. The summed E-state index contributed by atoms with van der Waals surface area (Å²) in [5.41, 5.74) is 0.530. The fourth-order valence-electron chi connectivity index (χ4n) is 3.75. The molecule has 0 saturated carbocycles. The zero-order valence-electron chi connectivity index (χ0n) is 17.4. The first-order chi connectivity index (χ1) is 15.5. The average Bonchev–Trinajstić information content (AvgIpc) is 3.09. The predicted octanol–water partition coefficient (Wildman–Crippen LogP) is 4.47. The second-order valence-electron chi connectivity index (χ2n) is 7.12. The lowest BCUT2D eigenvalue weighted by atomic mass is 9.94. The van der Waals surface area contributed by atoms with Crippen molar-refractivity contribution in [3.63, 3.8) is 0 Å². The molecule has 1 amide bonds. The molecule has 0 spiro atoms. The molecule has 1 N–H and O–H groups in total. The highest BCUT2D eigenvalue weighted by atomic mass is 19.1. The Morgan fingerprint density at radius 2 is 1.59 bits per heavy atom. The van der Waals surface area contributed by atoms with Gasteiger partial charge in [-0.2, -0.15) is 0 Å². The van der Waals surface area contributed by atoms with Gasteiger partial charge in [0.05, 0.1) is 25.8 Å². The first-order valence-corrected chi connectivity index (χ1v) is 9.80. The van der Waals surface area contributed by atoms with Gasteiger partial charge >= 0.3 is 0 Å². The number of rotatable bonds is 5. The lowest BCUT2D eigenvalue weighted by molar-refractivity contribution is -0.132. The Balaban J connectivity index is 1.94. The Kier molecular flexibility index (Phi) is 5.64. The summed E-state index contributed by atoms with van der Waals surface area (Å²) in [7, 11) is 2.98. The lowest BCUT2D eigenvalue weighted by Crippen LogP contribution is -2.29. The van der Waals surface area contributed by atoms with E-state index in [1.54, 1.807) is 54.6 Å². The molecule has 1 unspecified atom stereocenters. The van der Waals surface area contributed by atoms with Crippen molar-refractivity contribution in [1.82, 2.24) is 0 Å². The molecule has 0 aliphatic carbocycles. The van der Waals surface area contributed by atoms with Crippen molar-refractivity contribution < 1.29 is 28.6 Å². The van der Waals surface area contributed by atoms with Crippen LogP contribution in [0.1, 0.15) is 17.2 Å². The molecular weight excluding hydrogens is 413 g/mol. The number of benzene rings is 3. The van der Waals surface area contributed by atoms with Crippen LogP contribution in [0, 0.1) is 5.82 Å². The van der Waals surface area contributed by atoms with Crippen LogP contribution in [0.4, 0.5) is 10.1 Å². The van der Waals surface area contributed by atoms with E-state index in [-0.39, 0.29) is 11.1 Å². The number of ether oxygens (including phenoxy) is 2. The van der Waals surface area contributed by atoms with Crippen LogP contribution in [0.25, 0.3) is 5.76 Å². The zero-order valence-corrected chi connectivity index (χ0v) is 17.4. The number of carbonyl (C=O) groups is 2. The molecule has 1 aliphatic heterocycles. The maximum Gasteiger partial charge on any atom is 0.300 e. The molecule has 4 rings (SSSR count). The number of nitrogens with zero attached hydrogens (tertiary/aromatic N) is 1. The van der Waals surface area contributed by atoms with Crippen LogP contribution in [0.3, 0.4) is 0 Å². The van der Waals surface area contributed by atoms with Gasteiger partial charge in [-0.3, -0.25) is 14.5 Å². The molecule has 3 aromatic carbocycles. The Hall–Kier alpha value is -4.13. The normalized spacial score (nSPS) is 17.5. The molecule has 3 aromatic rings. The third-order valence-corrected chi connectivity index (χ3v) is 5.34. The van der Waals surface area contributed by atoms with E-state index in [1.807, 2.05) is 0 Å². The summed E-state index contributed by atoms with van der Waals surface area (Å²) in [5.74, 6) is -1.76. The number of aliphatic hydroxyl groups excluding tert-OH is 1. The fourth-order valence-corrected chi connectivity index (χ4v) is 3.75. The van der Waals surface area contributed by atoms with E-state index in [4.69, 9.17) is 9.47 Å². The van der Waals surface area contributed by atoms with Gasteiger partial charge in [-0.05, 0) is 42.5 Å². The maximum atomic E-state index is 14.9. The second-order valence-corrected chi connectivity index (χ2v) is 7.12. The number of hydrogen-bond acceptors (Lipinski definition) is 5. The Bertz CT molecular complexity index is 1220. The number of carbonyl (C=O) groups excluding carboxylic acids is 2. The van der Waals surface area contributed by atoms with Gasteiger partial charge in [0.15, 0.2) is 0 Å². The van der Waals surface area contributed by atoms with Gasteiger partial charge < -0.3 is 14.6 Å². The highest BCUT2D eigenvalue weighted by Crippen LogP contribution is 2.43. The standard InChI is InChI=1S/C25H20FNO5/c1-31-17-12-10-15(11-13-17)23(28)21-22(19-8-3-4-9-20(19)26)27(25(30)24(21)29)16-6-5-7-18(14-16)32-2/h3-14,22,28H,1-2H3/b23-21+. The number of ketones is 1. The van der Waals surface area contributed by atoms with Crippen LogP contribution in [-0.4, -0.2) is 31.0 Å². The van der Waals surface area contributed by atoms with Crippen LogP contribution in [0.5, 0.6) is 11.5 Å². The largest absolute Gasteiger partial charge is 0.507 e. The van der Waals surface area contributed by atoms with E-state index < -0.39 is 29.3 Å². The number of halogens is 1. The average molecular weight is 433 g/mol. The van der Waals surface area contributed by atoms with Crippen LogP contribution < -0.4 is 14.4 Å². The number of hydrogen-bond donors (Lipinski definition) is 1. The Morgan fingerprint density at radius 3 is 2.25 bits per heavy atom. The number of Topliss-reactive ketones (excluding diaryl/α,β-unsaturated/α-hetero) is 1. The highest BCUT2D eigenvalue weighted by Gasteiger charge is 2.47. The topological polar surface area (TPSA) is 76.1 Å². The van der Waals surface area contributed by atoms with E-state index in [2.05, 4.69) is 0 Å². The van der Waals surface area contributed by atoms with Crippen LogP contribution in [0.15, 0.2) is 78.4 Å². The first kappa shape index (κ1) is 21.1. The smallest absolute Gasteiger partial charge is 0.300 e. The summed E-state index contributed by atoms with van der Waals surface area (Å²) < 4.78 is 25.2. The monoisotopic (exact) mass is 433 g/mol. The van der Waals surface area contributed by atoms with Crippen LogP contribution in [-0.2, 0) is 9.59 Å². The summed E-state index contributed by atoms with van der Waals surface area (Å²) in [4.78, 5) is 27.4. The van der Waals surface area contributed by atoms with Crippen molar-refractivity contribution in [3.8, 4) is 11.5 Å². The maximum absolute atomic E-state index is 14.9. The molecule has 1 saturated heterocycles. The molecule has 0 bridgehead atoms. The van der Waals surface area contributed by atoms with Crippen molar-refractivity contribution >= 4 is 23.1 Å². The molecule has 1 fully saturated rings. The molecule has 1 aliphatic rings. The number of aliphatic hydroxyl groups is 1. The van der Waals surface area contributed by atoms with Gasteiger partial charge in [-0.1, -0.05) is 24.3 Å². The Morgan fingerprint density at radius 1 is 0.906 bits per heavy atom. The van der Waals surface area contributed by atoms with Crippen molar-refractivity contribution in [2.75, 3.05) is 19.1 Å². The minimum Gasteiger partial charge on any atom is -0.507 e. The summed E-state index contributed by atoms with van der Waals surface area (Å²) in [6.45, 7) is 0. The van der Waals surface area contributed by atoms with E-state index in [9.17, 15) is 19.1 Å². The molecule has 0 aromatic heterocycles. The third-order valence-electron chi connectivity index (χ3n) is 5.34. The van der Waals surface area contributed by atoms with Crippen LogP contribution in [0.2, 0.25) is 0 Å². The van der Waals surface area contributed by atoms with Crippen molar-refractivity contribution in [1.29, 1.82) is 0 Å². The zero-order chi connectivity index (χ0) is 22.8. The molecule has 6 nitrogen and oxygen atoms in total. The molecule has 1 heterocycles. The van der Waals surface area contributed by atoms with Gasteiger partial charge in [0.1, 0.15) is 23.1 Å². The van der Waals surface area contributed by atoms with Crippen molar-refractivity contribution in [2.45, 2.75) is 6.04 Å². The lowest BCUT2D eigenvalue weighted by Gasteiger charge is -2.26. The second kappa shape index (κ2) is 8.55. The van der Waals surface area contributed by atoms with E-state index in [0.29, 0.717) is 22.7 Å². The van der Waals surface area contributed by atoms with Gasteiger partial charge in [0.2, 0.25) is 0 Å². The highest BCUT2D eigenvalue weighted by molar-refractivity contribution is 6.51. The van der Waals surface area contributed by atoms with Gasteiger partial charge in [0.25, 0.3) is 11.7 Å². The van der Waals surface area contributed by atoms with Crippen LogP contribution >= 0.6 is 0 Å². The van der Waals surface area contributed by atoms with E-state index in [0.717, 1.165) is 0 Å². The van der Waals surface area contributed by atoms with Crippen molar-refractivity contribution in [2.24, 2.45) is 0 Å². The summed E-state index contributed by atoms with van der Waals surface area (Å²) in [6.07, 6.45) is 0. The molecule has 0 radical (unpaired) electrons. The minimum absolute atomic E-state index is 0.0876. The van der Waals surface area contributed by atoms with E-state index >= 15 is 0 Å². The van der Waals surface area contributed by atoms with Gasteiger partial charge in [0, 0.05) is 22.9 Å². The quantitative estimate of drug-likeness (QED) is 0.365. The minimum atomic E-state index is -1.16. The van der Waals surface area contributed by atoms with E-state index in [1.165, 1.54) is 37.3 Å².